The fraction of sp³-hybridized carbons (Fsp3) is 0.208. The zero-order valence-corrected chi connectivity index (χ0v) is 21.3. The third-order valence-corrected chi connectivity index (χ3v) is 8.77. The van der Waals surface area contributed by atoms with Crippen LogP contribution in [-0.4, -0.2) is 41.6 Å². The summed E-state index contributed by atoms with van der Waals surface area (Å²) in [5.74, 6) is -0.239. The zero-order chi connectivity index (χ0) is 25.4. The molecule has 3 aromatic rings. The van der Waals surface area contributed by atoms with Gasteiger partial charge in [0.05, 0.1) is 28.1 Å². The number of nitrogens with zero attached hydrogens (tertiary/aromatic N) is 1. The number of fused-ring (bicyclic) bond motifs is 1. The summed E-state index contributed by atoms with van der Waals surface area (Å²) >= 11 is 5.91. The maximum absolute atomic E-state index is 13.4. The fourth-order valence-electron chi connectivity index (χ4n) is 3.69. The molecular formula is C24H23ClN2O6S2. The van der Waals surface area contributed by atoms with Crippen LogP contribution in [0.5, 0.6) is 5.75 Å². The smallest absolute Gasteiger partial charge is 0.264 e. The highest BCUT2D eigenvalue weighted by Gasteiger charge is 2.37. The molecule has 2 atom stereocenters. The van der Waals surface area contributed by atoms with E-state index in [9.17, 15) is 21.6 Å². The Hall–Kier alpha value is -3.08. The standard InChI is InChI=1S/C24H23ClN2O6S2/c1-16(17-7-11-19(12-8-17)34(2,29)30)26-24(28)23-15-27(21-5-3-4-6-22(21)33-23)35(31,32)20-13-9-18(25)10-14-20/h3-14,16,23H,15H2,1-2H3,(H,26,28)/t16-,23+/m0/s1. The van der Waals surface area contributed by atoms with Crippen molar-refractivity contribution >= 4 is 43.1 Å². The third kappa shape index (κ3) is 5.29. The van der Waals surface area contributed by atoms with Gasteiger partial charge in [0.25, 0.3) is 15.9 Å². The van der Waals surface area contributed by atoms with Gasteiger partial charge in [-0.05, 0) is 61.0 Å². The Balaban J connectivity index is 1.58. The van der Waals surface area contributed by atoms with Gasteiger partial charge in [0, 0.05) is 11.3 Å². The van der Waals surface area contributed by atoms with Gasteiger partial charge in [-0.2, -0.15) is 0 Å². The Morgan fingerprint density at radius 3 is 2.20 bits per heavy atom. The van der Waals surface area contributed by atoms with E-state index < -0.39 is 37.9 Å². The van der Waals surface area contributed by atoms with Gasteiger partial charge in [-0.25, -0.2) is 16.8 Å². The summed E-state index contributed by atoms with van der Waals surface area (Å²) in [6.07, 6.45) is 0.0136. The molecule has 0 saturated heterocycles. The van der Waals surface area contributed by atoms with E-state index in [1.54, 1.807) is 43.3 Å². The van der Waals surface area contributed by atoms with Crippen molar-refractivity contribution in [3.8, 4) is 5.75 Å². The molecule has 4 rings (SSSR count). The van der Waals surface area contributed by atoms with E-state index in [0.717, 1.165) is 10.6 Å². The van der Waals surface area contributed by atoms with Crippen molar-refractivity contribution in [2.24, 2.45) is 0 Å². The number of sulfone groups is 1. The number of anilines is 1. The number of carbonyl (C=O) groups excluding carboxylic acids is 1. The van der Waals surface area contributed by atoms with Gasteiger partial charge in [0.1, 0.15) is 5.75 Å². The summed E-state index contributed by atoms with van der Waals surface area (Å²) < 4.78 is 57.2. The van der Waals surface area contributed by atoms with E-state index >= 15 is 0 Å². The summed E-state index contributed by atoms with van der Waals surface area (Å²) in [7, 11) is -7.34. The van der Waals surface area contributed by atoms with Crippen LogP contribution in [0.1, 0.15) is 18.5 Å². The summed E-state index contributed by atoms with van der Waals surface area (Å²) in [4.78, 5) is 13.3. The van der Waals surface area contributed by atoms with Crippen LogP contribution < -0.4 is 14.4 Å². The van der Waals surface area contributed by atoms with E-state index in [2.05, 4.69) is 5.32 Å². The van der Waals surface area contributed by atoms with E-state index in [1.807, 2.05) is 0 Å². The first kappa shape index (κ1) is 25.0. The Bertz CT molecular complexity index is 1460. The normalized spacial score (nSPS) is 16.7. The molecule has 0 bridgehead atoms. The predicted octanol–water partition coefficient (Wildman–Crippen LogP) is 3.58. The first-order valence-corrected chi connectivity index (χ1v) is 14.3. The van der Waals surface area contributed by atoms with Gasteiger partial charge in [-0.1, -0.05) is 35.9 Å². The Labute approximate surface area is 209 Å². The molecule has 0 aromatic heterocycles. The second kappa shape index (κ2) is 9.52. The molecule has 1 N–H and O–H groups in total. The number of ether oxygens (including phenoxy) is 1. The molecule has 0 radical (unpaired) electrons. The SMILES string of the molecule is C[C@H](NC(=O)[C@H]1CN(S(=O)(=O)c2ccc(Cl)cc2)c2ccccc2O1)c1ccc(S(C)(=O)=O)cc1. The van der Waals surface area contributed by atoms with Crippen molar-refractivity contribution in [1.82, 2.24) is 5.32 Å². The van der Waals surface area contributed by atoms with Gasteiger partial charge in [-0.3, -0.25) is 9.10 Å². The molecule has 35 heavy (non-hydrogen) atoms. The average Bonchev–Trinajstić information content (AvgIpc) is 2.83. The minimum absolute atomic E-state index is 0.0390. The van der Waals surface area contributed by atoms with Crippen LogP contribution in [0.3, 0.4) is 0 Å². The monoisotopic (exact) mass is 534 g/mol. The summed E-state index contributed by atoms with van der Waals surface area (Å²) in [5.41, 5.74) is 1.02. The van der Waals surface area contributed by atoms with Crippen molar-refractivity contribution in [3.05, 3.63) is 83.4 Å². The number of rotatable bonds is 6. The maximum atomic E-state index is 13.4. The van der Waals surface area contributed by atoms with Crippen molar-refractivity contribution in [2.45, 2.75) is 28.9 Å². The van der Waals surface area contributed by atoms with Crippen molar-refractivity contribution in [2.75, 3.05) is 17.1 Å². The lowest BCUT2D eigenvalue weighted by atomic mass is 10.1. The third-order valence-electron chi connectivity index (χ3n) is 5.60. The lowest BCUT2D eigenvalue weighted by Gasteiger charge is -2.35. The molecule has 1 amide bonds. The Morgan fingerprint density at radius 2 is 1.57 bits per heavy atom. The molecule has 8 nitrogen and oxygen atoms in total. The van der Waals surface area contributed by atoms with Crippen LogP contribution in [0.25, 0.3) is 0 Å². The van der Waals surface area contributed by atoms with Crippen LogP contribution >= 0.6 is 11.6 Å². The fourth-order valence-corrected chi connectivity index (χ4v) is 5.93. The molecule has 1 heterocycles. The lowest BCUT2D eigenvalue weighted by molar-refractivity contribution is -0.128. The highest BCUT2D eigenvalue weighted by Crippen LogP contribution is 2.37. The first-order chi connectivity index (χ1) is 16.5. The van der Waals surface area contributed by atoms with Gasteiger partial charge < -0.3 is 10.1 Å². The maximum Gasteiger partial charge on any atom is 0.264 e. The van der Waals surface area contributed by atoms with Crippen molar-refractivity contribution in [3.63, 3.8) is 0 Å². The number of hydrogen-bond donors (Lipinski definition) is 1. The summed E-state index contributed by atoms with van der Waals surface area (Å²) in [6.45, 7) is 1.51. The molecule has 0 unspecified atom stereocenters. The van der Waals surface area contributed by atoms with E-state index in [0.29, 0.717) is 16.3 Å². The van der Waals surface area contributed by atoms with Gasteiger partial charge in [-0.15, -0.1) is 0 Å². The zero-order valence-electron chi connectivity index (χ0n) is 18.9. The number of sulfonamides is 1. The Kier molecular flexibility index (Phi) is 6.81. The van der Waals surface area contributed by atoms with E-state index in [-0.39, 0.29) is 22.1 Å². The second-order valence-electron chi connectivity index (χ2n) is 8.14. The number of carbonyl (C=O) groups is 1. The largest absolute Gasteiger partial charge is 0.476 e. The first-order valence-electron chi connectivity index (χ1n) is 10.6. The molecule has 0 spiro atoms. The van der Waals surface area contributed by atoms with Crippen LogP contribution in [0, 0.1) is 0 Å². The molecule has 0 aliphatic carbocycles. The van der Waals surface area contributed by atoms with Gasteiger partial charge in [0.2, 0.25) is 0 Å². The molecule has 11 heteroatoms. The number of para-hydroxylation sites is 2. The van der Waals surface area contributed by atoms with Crippen LogP contribution in [0.2, 0.25) is 5.02 Å². The number of amides is 1. The number of hydrogen-bond acceptors (Lipinski definition) is 6. The second-order valence-corrected chi connectivity index (χ2v) is 12.5. The molecule has 3 aromatic carbocycles. The van der Waals surface area contributed by atoms with E-state index in [4.69, 9.17) is 16.3 Å². The highest BCUT2D eigenvalue weighted by molar-refractivity contribution is 7.92. The quantitative estimate of drug-likeness (QED) is 0.517. The molecule has 0 fully saturated rings. The van der Waals surface area contributed by atoms with Crippen LogP contribution in [0.15, 0.2) is 82.6 Å². The van der Waals surface area contributed by atoms with Gasteiger partial charge in [0.15, 0.2) is 15.9 Å². The minimum atomic E-state index is -4.00. The highest BCUT2D eigenvalue weighted by atomic mass is 35.5. The van der Waals surface area contributed by atoms with Crippen molar-refractivity contribution in [1.29, 1.82) is 0 Å². The predicted molar refractivity (Wildman–Crippen MR) is 133 cm³/mol. The number of benzene rings is 3. The molecule has 1 aliphatic rings. The Morgan fingerprint density at radius 1 is 0.971 bits per heavy atom. The molecule has 1 aliphatic heterocycles. The van der Waals surface area contributed by atoms with Crippen LogP contribution in [0.4, 0.5) is 5.69 Å². The summed E-state index contributed by atoms with van der Waals surface area (Å²) in [6, 6.07) is 18.1. The average molecular weight is 535 g/mol. The lowest BCUT2D eigenvalue weighted by Crippen LogP contribution is -2.51. The molecular weight excluding hydrogens is 512 g/mol. The summed E-state index contributed by atoms with van der Waals surface area (Å²) in [5, 5.41) is 3.23. The van der Waals surface area contributed by atoms with Crippen LogP contribution in [-0.2, 0) is 24.7 Å². The topological polar surface area (TPSA) is 110 Å². The molecule has 184 valence electrons. The number of nitrogens with one attached hydrogen (secondary N) is 1. The van der Waals surface area contributed by atoms with E-state index in [1.165, 1.54) is 36.4 Å². The number of halogens is 1. The minimum Gasteiger partial charge on any atom is -0.476 e. The molecule has 0 saturated carbocycles. The van der Waals surface area contributed by atoms with Gasteiger partial charge >= 0.3 is 0 Å². The van der Waals surface area contributed by atoms with Crippen molar-refractivity contribution < 1.29 is 26.4 Å².